The van der Waals surface area contributed by atoms with E-state index in [1.807, 2.05) is 0 Å². The highest BCUT2D eigenvalue weighted by Gasteiger charge is 2.31. The van der Waals surface area contributed by atoms with Crippen LogP contribution in [0.25, 0.3) is 0 Å². The van der Waals surface area contributed by atoms with E-state index in [4.69, 9.17) is 5.73 Å². The molecule has 0 bridgehead atoms. The van der Waals surface area contributed by atoms with Gasteiger partial charge in [-0.15, -0.1) is 0 Å². The normalized spacial score (nSPS) is 19.6. The van der Waals surface area contributed by atoms with Gasteiger partial charge in [-0.2, -0.15) is 4.31 Å². The molecule has 5 nitrogen and oxygen atoms in total. The predicted molar refractivity (Wildman–Crippen MR) is 68.4 cm³/mol. The maximum atomic E-state index is 12.4. The number of aromatic nitrogens is 1. The van der Waals surface area contributed by atoms with Crippen molar-refractivity contribution in [3.05, 3.63) is 5.69 Å². The number of nitrogens with zero attached hydrogens (tertiary/aromatic N) is 2. The summed E-state index contributed by atoms with van der Waals surface area (Å²) in [7, 11) is -3.39. The third-order valence-electron chi connectivity index (χ3n) is 3.09. The first kappa shape index (κ1) is 12.8. The topological polar surface area (TPSA) is 76.3 Å². The first-order chi connectivity index (χ1) is 7.91. The largest absolute Gasteiger partial charge is 0.375 e. The Kier molecular flexibility index (Phi) is 3.42. The molecular formula is C10H17N3O2S2. The van der Waals surface area contributed by atoms with Crippen LogP contribution in [0.15, 0.2) is 4.21 Å². The number of nitrogens with two attached hydrogens (primary N) is 1. The Morgan fingerprint density at radius 2 is 2.00 bits per heavy atom. The van der Waals surface area contributed by atoms with Gasteiger partial charge in [0.1, 0.15) is 0 Å². The molecule has 2 N–H and O–H groups in total. The second-order valence-electron chi connectivity index (χ2n) is 4.51. The van der Waals surface area contributed by atoms with Gasteiger partial charge in [0.25, 0.3) is 10.0 Å². The van der Waals surface area contributed by atoms with E-state index < -0.39 is 10.0 Å². The van der Waals surface area contributed by atoms with Crippen LogP contribution in [-0.4, -0.2) is 30.8 Å². The number of rotatable bonds is 2. The van der Waals surface area contributed by atoms with Crippen molar-refractivity contribution in [1.82, 2.24) is 9.29 Å². The molecular weight excluding hydrogens is 258 g/mol. The lowest BCUT2D eigenvalue weighted by atomic mass is 10.0. The van der Waals surface area contributed by atoms with Crippen molar-refractivity contribution in [3.63, 3.8) is 0 Å². The van der Waals surface area contributed by atoms with Gasteiger partial charge < -0.3 is 5.73 Å². The molecule has 0 spiro atoms. The van der Waals surface area contributed by atoms with Crippen LogP contribution in [0, 0.1) is 12.8 Å². The van der Waals surface area contributed by atoms with E-state index >= 15 is 0 Å². The second kappa shape index (κ2) is 4.55. The van der Waals surface area contributed by atoms with Crippen molar-refractivity contribution in [3.8, 4) is 0 Å². The highest BCUT2D eigenvalue weighted by molar-refractivity contribution is 7.91. The number of hydrogen-bond donors (Lipinski definition) is 1. The molecule has 0 saturated carbocycles. The molecule has 0 radical (unpaired) electrons. The molecule has 0 unspecified atom stereocenters. The Labute approximate surface area is 106 Å². The molecule has 0 atom stereocenters. The van der Waals surface area contributed by atoms with Gasteiger partial charge in [-0.1, -0.05) is 18.3 Å². The van der Waals surface area contributed by atoms with E-state index in [0.717, 1.165) is 24.2 Å². The standard InChI is InChI=1S/C10H17N3O2S2/c1-7-3-5-13(6-4-7)17(14,15)9-8(2)12-10(11)16-9/h7H,3-6H2,1-2H3,(H2,11,12). The van der Waals surface area contributed by atoms with Crippen LogP contribution in [0.2, 0.25) is 0 Å². The van der Waals surface area contributed by atoms with Crippen molar-refractivity contribution < 1.29 is 8.42 Å². The molecule has 17 heavy (non-hydrogen) atoms. The second-order valence-corrected chi connectivity index (χ2v) is 7.68. The molecule has 1 saturated heterocycles. The number of anilines is 1. The smallest absolute Gasteiger partial charge is 0.254 e. The number of piperidine rings is 1. The van der Waals surface area contributed by atoms with E-state index in [2.05, 4.69) is 11.9 Å². The molecule has 0 amide bonds. The van der Waals surface area contributed by atoms with Crippen LogP contribution < -0.4 is 5.73 Å². The third kappa shape index (κ3) is 2.46. The van der Waals surface area contributed by atoms with E-state index in [1.54, 1.807) is 11.2 Å². The van der Waals surface area contributed by atoms with E-state index in [9.17, 15) is 8.42 Å². The van der Waals surface area contributed by atoms with Gasteiger partial charge in [0, 0.05) is 13.1 Å². The van der Waals surface area contributed by atoms with Gasteiger partial charge in [-0.05, 0) is 25.7 Å². The first-order valence-electron chi connectivity index (χ1n) is 5.64. The van der Waals surface area contributed by atoms with Crippen molar-refractivity contribution in [1.29, 1.82) is 0 Å². The predicted octanol–water partition coefficient (Wildman–Crippen LogP) is 1.45. The van der Waals surface area contributed by atoms with E-state index in [-0.39, 0.29) is 0 Å². The fourth-order valence-corrected chi connectivity index (χ4v) is 4.89. The molecule has 1 aliphatic rings. The fraction of sp³-hybridized carbons (Fsp3) is 0.700. The van der Waals surface area contributed by atoms with Gasteiger partial charge >= 0.3 is 0 Å². The Morgan fingerprint density at radius 3 is 2.47 bits per heavy atom. The van der Waals surface area contributed by atoms with Crippen molar-refractivity contribution in [2.24, 2.45) is 5.92 Å². The zero-order valence-electron chi connectivity index (χ0n) is 10.0. The van der Waals surface area contributed by atoms with Gasteiger partial charge in [0.15, 0.2) is 9.34 Å². The molecule has 1 fully saturated rings. The van der Waals surface area contributed by atoms with Gasteiger partial charge in [0.2, 0.25) is 0 Å². The van der Waals surface area contributed by atoms with Crippen LogP contribution in [0.3, 0.4) is 0 Å². The molecule has 1 aromatic heterocycles. The van der Waals surface area contributed by atoms with Crippen LogP contribution >= 0.6 is 11.3 Å². The average Bonchev–Trinajstić information content (AvgIpc) is 2.59. The fourth-order valence-electron chi connectivity index (χ4n) is 1.98. The summed E-state index contributed by atoms with van der Waals surface area (Å²) in [5.74, 6) is 0.606. The molecule has 2 heterocycles. The maximum absolute atomic E-state index is 12.4. The lowest BCUT2D eigenvalue weighted by Crippen LogP contribution is -2.37. The number of thiazole rings is 1. The summed E-state index contributed by atoms with van der Waals surface area (Å²) >= 11 is 1.05. The van der Waals surface area contributed by atoms with Gasteiger partial charge in [0.05, 0.1) is 5.69 Å². The SMILES string of the molecule is Cc1nc(N)sc1S(=O)(=O)N1CCC(C)CC1. The maximum Gasteiger partial charge on any atom is 0.254 e. The minimum absolute atomic E-state index is 0.296. The number of aryl methyl sites for hydroxylation is 1. The van der Waals surface area contributed by atoms with Crippen molar-refractivity contribution >= 4 is 26.5 Å². The van der Waals surface area contributed by atoms with Crippen LogP contribution in [0.5, 0.6) is 0 Å². The summed E-state index contributed by atoms with van der Waals surface area (Å²) in [6.07, 6.45) is 1.85. The van der Waals surface area contributed by atoms with E-state index in [0.29, 0.717) is 34.0 Å². The van der Waals surface area contributed by atoms with Gasteiger partial charge in [-0.3, -0.25) is 0 Å². The molecule has 96 valence electrons. The summed E-state index contributed by atoms with van der Waals surface area (Å²) in [6.45, 7) is 5.04. The molecule has 1 aliphatic heterocycles. The Balaban J connectivity index is 2.28. The van der Waals surface area contributed by atoms with Gasteiger partial charge in [-0.25, -0.2) is 13.4 Å². The Bertz CT molecular complexity index is 502. The first-order valence-corrected chi connectivity index (χ1v) is 7.90. The minimum Gasteiger partial charge on any atom is -0.375 e. The number of hydrogen-bond acceptors (Lipinski definition) is 5. The Morgan fingerprint density at radius 1 is 1.41 bits per heavy atom. The summed E-state index contributed by atoms with van der Waals surface area (Å²) in [5, 5.41) is 0.312. The summed E-state index contributed by atoms with van der Waals surface area (Å²) in [6, 6.07) is 0. The van der Waals surface area contributed by atoms with Crippen molar-refractivity contribution in [2.75, 3.05) is 18.8 Å². The molecule has 7 heteroatoms. The number of sulfonamides is 1. The Hall–Kier alpha value is -0.660. The average molecular weight is 275 g/mol. The monoisotopic (exact) mass is 275 g/mol. The quantitative estimate of drug-likeness (QED) is 0.886. The lowest BCUT2D eigenvalue weighted by molar-refractivity contribution is 0.288. The zero-order valence-corrected chi connectivity index (χ0v) is 11.6. The zero-order chi connectivity index (χ0) is 12.6. The highest BCUT2D eigenvalue weighted by atomic mass is 32.2. The number of nitrogen functional groups attached to an aromatic ring is 1. The van der Waals surface area contributed by atoms with E-state index in [1.165, 1.54) is 0 Å². The minimum atomic E-state index is -3.39. The highest BCUT2D eigenvalue weighted by Crippen LogP contribution is 2.30. The van der Waals surface area contributed by atoms with Crippen LogP contribution in [0.4, 0.5) is 5.13 Å². The summed E-state index contributed by atoms with van der Waals surface area (Å²) < 4.78 is 26.6. The van der Waals surface area contributed by atoms with Crippen molar-refractivity contribution in [2.45, 2.75) is 30.9 Å². The molecule has 1 aromatic rings. The van der Waals surface area contributed by atoms with Crippen LogP contribution in [-0.2, 0) is 10.0 Å². The molecule has 0 aromatic carbocycles. The third-order valence-corrected chi connectivity index (χ3v) is 6.56. The summed E-state index contributed by atoms with van der Waals surface area (Å²) in [5.41, 5.74) is 6.06. The molecule has 0 aliphatic carbocycles. The molecule has 2 rings (SSSR count). The van der Waals surface area contributed by atoms with Crippen LogP contribution in [0.1, 0.15) is 25.5 Å². The summed E-state index contributed by atoms with van der Waals surface area (Å²) in [4.78, 5) is 3.98. The lowest BCUT2D eigenvalue weighted by Gasteiger charge is -2.28.